The van der Waals surface area contributed by atoms with Gasteiger partial charge in [0.15, 0.2) is 0 Å². The molecule has 3 atom stereocenters. The average molecular weight is 514 g/mol. The van der Waals surface area contributed by atoms with Gasteiger partial charge in [0.1, 0.15) is 11.7 Å². The van der Waals surface area contributed by atoms with E-state index in [0.717, 1.165) is 11.6 Å². The number of aliphatic hydroxyl groups is 1. The molecule has 4 N–H and O–H groups in total. The zero-order chi connectivity index (χ0) is 26.8. The Kier molecular flexibility index (Phi) is 8.66. The Morgan fingerprint density at radius 3 is 2.33 bits per heavy atom. The molecule has 0 bridgehead atoms. The molecular formula is C25H35F4N5O2. The maximum atomic E-state index is 14.3. The van der Waals surface area contributed by atoms with Crippen molar-refractivity contribution in [3.8, 4) is 0 Å². The SMILES string of the molecule is CNC1=C(C(=N)N2CCN(C(=O)[C@H](CNC(C)C)c3ccc(C(F)(F)F)c(F)c3)CC2)[C@H](C)C[C@@H]1O. The zero-order valence-electron chi connectivity index (χ0n) is 21.0. The van der Waals surface area contributed by atoms with Crippen molar-refractivity contribution in [2.75, 3.05) is 39.8 Å². The fraction of sp³-hybridized carbons (Fsp3) is 0.600. The molecule has 1 aliphatic carbocycles. The third-order valence-corrected chi connectivity index (χ3v) is 6.85. The van der Waals surface area contributed by atoms with Crippen molar-refractivity contribution in [1.82, 2.24) is 20.4 Å². The summed E-state index contributed by atoms with van der Waals surface area (Å²) >= 11 is 0. The van der Waals surface area contributed by atoms with Crippen LogP contribution >= 0.6 is 0 Å². The summed E-state index contributed by atoms with van der Waals surface area (Å²) in [6, 6.07) is 2.68. The zero-order valence-corrected chi connectivity index (χ0v) is 21.0. The van der Waals surface area contributed by atoms with E-state index in [1.54, 1.807) is 11.9 Å². The van der Waals surface area contributed by atoms with Crippen molar-refractivity contribution in [2.45, 2.75) is 51.4 Å². The Hall–Kier alpha value is -2.66. The van der Waals surface area contributed by atoms with Crippen LogP contribution in [0.5, 0.6) is 0 Å². The molecule has 1 heterocycles. The van der Waals surface area contributed by atoms with Gasteiger partial charge in [-0.25, -0.2) is 4.39 Å². The second-order valence-electron chi connectivity index (χ2n) is 9.74. The maximum Gasteiger partial charge on any atom is 0.419 e. The normalized spacial score (nSPS) is 21.8. The summed E-state index contributed by atoms with van der Waals surface area (Å²) < 4.78 is 53.4. The molecule has 200 valence electrons. The van der Waals surface area contributed by atoms with Gasteiger partial charge in [0.2, 0.25) is 5.91 Å². The molecule has 7 nitrogen and oxygen atoms in total. The number of nitrogens with one attached hydrogen (secondary N) is 3. The smallest absolute Gasteiger partial charge is 0.389 e. The van der Waals surface area contributed by atoms with Crippen LogP contribution in [-0.4, -0.2) is 78.6 Å². The quantitative estimate of drug-likeness (QED) is 0.256. The van der Waals surface area contributed by atoms with Crippen LogP contribution in [0.3, 0.4) is 0 Å². The molecule has 11 heteroatoms. The number of benzene rings is 1. The molecular weight excluding hydrogens is 478 g/mol. The van der Waals surface area contributed by atoms with Gasteiger partial charge >= 0.3 is 6.18 Å². The molecule has 2 aliphatic rings. The van der Waals surface area contributed by atoms with Gasteiger partial charge in [-0.2, -0.15) is 13.2 Å². The molecule has 0 aromatic heterocycles. The third kappa shape index (κ3) is 6.00. The largest absolute Gasteiger partial charge is 0.419 e. The first-order valence-electron chi connectivity index (χ1n) is 12.2. The first-order chi connectivity index (χ1) is 16.8. The van der Waals surface area contributed by atoms with Crippen LogP contribution in [0, 0.1) is 17.1 Å². The van der Waals surface area contributed by atoms with Gasteiger partial charge in [-0.1, -0.05) is 26.8 Å². The van der Waals surface area contributed by atoms with E-state index in [0.29, 0.717) is 50.2 Å². The first kappa shape index (κ1) is 27.9. The molecule has 1 fully saturated rings. The number of nitrogens with zero attached hydrogens (tertiary/aromatic N) is 2. The molecule has 0 spiro atoms. The topological polar surface area (TPSA) is 91.7 Å². The highest BCUT2D eigenvalue weighted by Crippen LogP contribution is 2.34. The number of carbonyl (C=O) groups is 1. The Morgan fingerprint density at radius 2 is 1.81 bits per heavy atom. The van der Waals surface area contributed by atoms with E-state index in [2.05, 4.69) is 10.6 Å². The van der Waals surface area contributed by atoms with E-state index in [1.807, 2.05) is 25.7 Å². The minimum atomic E-state index is -4.81. The monoisotopic (exact) mass is 513 g/mol. The number of rotatable bonds is 7. The minimum absolute atomic E-state index is 0.0234. The van der Waals surface area contributed by atoms with E-state index in [9.17, 15) is 27.5 Å². The van der Waals surface area contributed by atoms with E-state index >= 15 is 0 Å². The second kappa shape index (κ2) is 11.2. The van der Waals surface area contributed by atoms with Crippen molar-refractivity contribution >= 4 is 11.7 Å². The number of amidine groups is 1. The molecule has 1 amide bonds. The van der Waals surface area contributed by atoms with Gasteiger partial charge in [0.25, 0.3) is 0 Å². The Morgan fingerprint density at radius 1 is 1.19 bits per heavy atom. The second-order valence-corrected chi connectivity index (χ2v) is 9.74. The van der Waals surface area contributed by atoms with Gasteiger partial charge in [0, 0.05) is 57.1 Å². The van der Waals surface area contributed by atoms with Gasteiger partial charge in [-0.3, -0.25) is 10.2 Å². The number of alkyl halides is 3. The Bertz CT molecular complexity index is 1000. The Labute approximate surface area is 209 Å². The summed E-state index contributed by atoms with van der Waals surface area (Å²) in [6.45, 7) is 7.34. The van der Waals surface area contributed by atoms with Gasteiger partial charge in [-0.05, 0) is 30.0 Å². The summed E-state index contributed by atoms with van der Waals surface area (Å²) in [4.78, 5) is 16.9. The van der Waals surface area contributed by atoms with Crippen molar-refractivity contribution in [2.24, 2.45) is 5.92 Å². The van der Waals surface area contributed by atoms with E-state index in [1.165, 1.54) is 6.07 Å². The van der Waals surface area contributed by atoms with Crippen LogP contribution < -0.4 is 10.6 Å². The summed E-state index contributed by atoms with van der Waals surface area (Å²) in [6.07, 6.45) is -4.91. The lowest BCUT2D eigenvalue weighted by molar-refractivity contribution is -0.140. The number of halogens is 4. The number of piperazine rings is 1. The van der Waals surface area contributed by atoms with E-state index < -0.39 is 29.6 Å². The summed E-state index contributed by atoms with van der Waals surface area (Å²) in [7, 11) is 1.72. The van der Waals surface area contributed by atoms with E-state index in [4.69, 9.17) is 5.41 Å². The van der Waals surface area contributed by atoms with Crippen LogP contribution in [0.2, 0.25) is 0 Å². The number of hydrogen-bond donors (Lipinski definition) is 4. The molecule has 1 saturated heterocycles. The maximum absolute atomic E-state index is 14.3. The van der Waals surface area contributed by atoms with Crippen LogP contribution in [-0.2, 0) is 11.0 Å². The molecule has 36 heavy (non-hydrogen) atoms. The van der Waals surface area contributed by atoms with Gasteiger partial charge in [0.05, 0.1) is 17.6 Å². The van der Waals surface area contributed by atoms with Crippen molar-refractivity contribution in [3.63, 3.8) is 0 Å². The molecule has 0 radical (unpaired) electrons. The number of hydrogen-bond acceptors (Lipinski definition) is 5. The first-order valence-corrected chi connectivity index (χ1v) is 12.2. The Balaban J connectivity index is 1.75. The number of likely N-dealkylation sites (N-methyl/N-ethyl adjacent to an activating group) is 1. The predicted molar refractivity (Wildman–Crippen MR) is 129 cm³/mol. The van der Waals surface area contributed by atoms with Crippen LogP contribution in [0.1, 0.15) is 44.2 Å². The predicted octanol–water partition coefficient (Wildman–Crippen LogP) is 2.92. The molecule has 1 aromatic rings. The van der Waals surface area contributed by atoms with Crippen molar-refractivity contribution in [3.05, 3.63) is 46.4 Å². The number of aliphatic hydroxyl groups excluding tert-OH is 1. The highest BCUT2D eigenvalue weighted by atomic mass is 19.4. The van der Waals surface area contributed by atoms with Crippen molar-refractivity contribution in [1.29, 1.82) is 5.41 Å². The molecule has 1 aromatic carbocycles. The highest BCUT2D eigenvalue weighted by Gasteiger charge is 2.37. The molecule has 0 unspecified atom stereocenters. The van der Waals surface area contributed by atoms with Gasteiger partial charge < -0.3 is 25.5 Å². The number of carbonyl (C=O) groups excluding carboxylic acids is 1. The number of amides is 1. The lowest BCUT2D eigenvalue weighted by Crippen LogP contribution is -2.53. The van der Waals surface area contributed by atoms with Crippen LogP contribution in [0.4, 0.5) is 17.6 Å². The van der Waals surface area contributed by atoms with E-state index in [-0.39, 0.29) is 30.0 Å². The summed E-state index contributed by atoms with van der Waals surface area (Å²) in [5.41, 5.74) is 0.244. The van der Waals surface area contributed by atoms with Crippen LogP contribution in [0.15, 0.2) is 29.5 Å². The van der Waals surface area contributed by atoms with Crippen LogP contribution in [0.25, 0.3) is 0 Å². The van der Waals surface area contributed by atoms with Gasteiger partial charge in [-0.15, -0.1) is 0 Å². The average Bonchev–Trinajstić information content (AvgIpc) is 3.10. The fourth-order valence-corrected chi connectivity index (χ4v) is 4.90. The highest BCUT2D eigenvalue weighted by molar-refractivity contribution is 5.98. The minimum Gasteiger partial charge on any atom is -0.389 e. The fourth-order valence-electron chi connectivity index (χ4n) is 4.90. The molecule has 0 saturated carbocycles. The van der Waals surface area contributed by atoms with Crippen molar-refractivity contribution < 1.29 is 27.5 Å². The molecule has 3 rings (SSSR count). The lowest BCUT2D eigenvalue weighted by atomic mass is 9.95. The molecule has 1 aliphatic heterocycles. The summed E-state index contributed by atoms with van der Waals surface area (Å²) in [5, 5.41) is 25.1. The third-order valence-electron chi connectivity index (χ3n) is 6.85. The standard InChI is InChI=1S/C25H35F4N5O2/c1-14(2)32-13-17(16-5-6-18(19(26)12-16)25(27,28)29)24(36)34-9-7-33(8-10-34)23(30)21-15(3)11-20(35)22(21)31-4/h5-6,12,14-15,17,20,30-32,35H,7-11,13H2,1-4H3/t15-,17-,20+/m1/s1. The summed E-state index contributed by atoms with van der Waals surface area (Å²) in [5.74, 6) is -2.21. The lowest BCUT2D eigenvalue weighted by Gasteiger charge is -2.38.